The summed E-state index contributed by atoms with van der Waals surface area (Å²) in [5.74, 6) is -1.33. The lowest BCUT2D eigenvalue weighted by Gasteiger charge is -2.32. The third kappa shape index (κ3) is 5.11. The van der Waals surface area contributed by atoms with Gasteiger partial charge in [-0.05, 0) is 36.6 Å². The molecule has 2 amide bonds. The van der Waals surface area contributed by atoms with E-state index in [0.29, 0.717) is 30.0 Å². The van der Waals surface area contributed by atoms with Gasteiger partial charge in [0.25, 0.3) is 5.91 Å². The molecule has 0 saturated heterocycles. The Balaban J connectivity index is 1.60. The molecular formula is C25H27F2N3O3. The predicted octanol–water partition coefficient (Wildman–Crippen LogP) is 3.92. The molecule has 1 aliphatic carbocycles. The molecule has 1 aliphatic heterocycles. The summed E-state index contributed by atoms with van der Waals surface area (Å²) < 4.78 is 33.2. The van der Waals surface area contributed by atoms with E-state index in [-0.39, 0.29) is 30.6 Å². The Kier molecular flexibility index (Phi) is 7.13. The van der Waals surface area contributed by atoms with E-state index in [2.05, 4.69) is 5.10 Å². The molecule has 0 unspecified atom stereocenters. The first-order chi connectivity index (χ1) is 16.0. The van der Waals surface area contributed by atoms with E-state index in [0.717, 1.165) is 19.3 Å². The maximum atomic E-state index is 14.7. The highest BCUT2D eigenvalue weighted by molar-refractivity contribution is 6.03. The van der Waals surface area contributed by atoms with Crippen molar-refractivity contribution in [1.82, 2.24) is 9.91 Å². The second-order valence-corrected chi connectivity index (χ2v) is 8.41. The van der Waals surface area contributed by atoms with Crippen molar-refractivity contribution in [2.75, 3.05) is 26.8 Å². The third-order valence-corrected chi connectivity index (χ3v) is 6.27. The number of benzene rings is 2. The molecule has 0 radical (unpaired) electrons. The lowest BCUT2D eigenvalue weighted by Crippen LogP contribution is -2.46. The fraction of sp³-hybridized carbons (Fsp3) is 0.400. The van der Waals surface area contributed by atoms with Gasteiger partial charge in [-0.25, -0.2) is 13.8 Å². The van der Waals surface area contributed by atoms with Gasteiger partial charge in [-0.1, -0.05) is 36.8 Å². The normalized spacial score (nSPS) is 18.1. The molecule has 2 aromatic rings. The van der Waals surface area contributed by atoms with Crippen LogP contribution in [0.1, 0.15) is 42.9 Å². The van der Waals surface area contributed by atoms with Crippen LogP contribution in [0, 0.1) is 17.6 Å². The molecule has 0 N–H and O–H groups in total. The minimum Gasteiger partial charge on any atom is -0.383 e. The fourth-order valence-corrected chi connectivity index (χ4v) is 4.16. The van der Waals surface area contributed by atoms with E-state index in [1.807, 2.05) is 0 Å². The number of carbonyl (C=O) groups excluding carboxylic acids is 2. The van der Waals surface area contributed by atoms with Gasteiger partial charge >= 0.3 is 0 Å². The molecule has 6 nitrogen and oxygen atoms in total. The largest absolute Gasteiger partial charge is 0.383 e. The molecule has 1 fully saturated rings. The Morgan fingerprint density at radius 1 is 1.12 bits per heavy atom. The summed E-state index contributed by atoms with van der Waals surface area (Å²) in [6, 6.07) is 11.4. The second kappa shape index (κ2) is 10.2. The molecule has 4 rings (SSSR count). The Morgan fingerprint density at radius 3 is 2.48 bits per heavy atom. The number of nitrogens with zero attached hydrogens (tertiary/aromatic N) is 3. The molecule has 0 spiro atoms. The van der Waals surface area contributed by atoms with Crippen LogP contribution in [0.25, 0.3) is 0 Å². The highest BCUT2D eigenvalue weighted by Gasteiger charge is 2.37. The lowest BCUT2D eigenvalue weighted by atomic mass is 9.84. The standard InChI is InChI=1S/C25H27F2N3O3/c1-33-14-13-29(25(32)18-5-4-6-18)16-24(31)30-23(20-7-2-3-8-21(20)27)15-22(28-30)17-9-11-19(26)12-10-17/h2-3,7-12,18,23H,4-6,13-16H2,1H3/t23-/m1/s1. The summed E-state index contributed by atoms with van der Waals surface area (Å²) >= 11 is 0. The Labute approximate surface area is 191 Å². The summed E-state index contributed by atoms with van der Waals surface area (Å²) in [4.78, 5) is 27.8. The number of hydrogen-bond donors (Lipinski definition) is 0. The highest BCUT2D eigenvalue weighted by Crippen LogP contribution is 2.34. The van der Waals surface area contributed by atoms with E-state index in [1.54, 1.807) is 37.4 Å². The van der Waals surface area contributed by atoms with Gasteiger partial charge < -0.3 is 9.64 Å². The summed E-state index contributed by atoms with van der Waals surface area (Å²) in [5, 5.41) is 5.77. The van der Waals surface area contributed by atoms with Crippen molar-refractivity contribution in [3.8, 4) is 0 Å². The molecule has 1 saturated carbocycles. The van der Waals surface area contributed by atoms with E-state index in [1.165, 1.54) is 28.1 Å². The minimum absolute atomic E-state index is 0.0592. The van der Waals surface area contributed by atoms with Gasteiger partial charge in [0.1, 0.15) is 18.2 Å². The van der Waals surface area contributed by atoms with Crippen molar-refractivity contribution < 1.29 is 23.1 Å². The van der Waals surface area contributed by atoms with Gasteiger partial charge in [0.05, 0.1) is 18.4 Å². The van der Waals surface area contributed by atoms with Crippen LogP contribution in [-0.2, 0) is 14.3 Å². The van der Waals surface area contributed by atoms with Crippen molar-refractivity contribution in [2.24, 2.45) is 11.0 Å². The van der Waals surface area contributed by atoms with Crippen LogP contribution in [0.3, 0.4) is 0 Å². The maximum Gasteiger partial charge on any atom is 0.262 e. The number of halogens is 2. The topological polar surface area (TPSA) is 62.2 Å². The molecule has 0 bridgehead atoms. The van der Waals surface area contributed by atoms with Gasteiger partial charge in [-0.3, -0.25) is 9.59 Å². The van der Waals surface area contributed by atoms with Gasteiger partial charge in [0.15, 0.2) is 0 Å². The Morgan fingerprint density at radius 2 is 1.85 bits per heavy atom. The van der Waals surface area contributed by atoms with Crippen LogP contribution < -0.4 is 0 Å². The second-order valence-electron chi connectivity index (χ2n) is 8.41. The summed E-state index contributed by atoms with van der Waals surface area (Å²) in [6.07, 6.45) is 2.94. The van der Waals surface area contributed by atoms with Crippen LogP contribution in [0.2, 0.25) is 0 Å². The number of amides is 2. The number of ether oxygens (including phenoxy) is 1. The zero-order valence-electron chi connectivity index (χ0n) is 18.5. The first-order valence-electron chi connectivity index (χ1n) is 11.2. The molecule has 0 aromatic heterocycles. The molecule has 2 aliphatic rings. The third-order valence-electron chi connectivity index (χ3n) is 6.27. The SMILES string of the molecule is COCCN(CC(=O)N1N=C(c2ccc(F)cc2)C[C@@H]1c1ccccc1F)C(=O)C1CCC1. The van der Waals surface area contributed by atoms with E-state index < -0.39 is 17.8 Å². The summed E-state index contributed by atoms with van der Waals surface area (Å²) in [7, 11) is 1.54. The van der Waals surface area contributed by atoms with Gasteiger partial charge in [-0.2, -0.15) is 5.10 Å². The predicted molar refractivity (Wildman–Crippen MR) is 119 cm³/mol. The quantitative estimate of drug-likeness (QED) is 0.606. The van der Waals surface area contributed by atoms with Crippen LogP contribution in [0.5, 0.6) is 0 Å². The molecule has 8 heteroatoms. The zero-order chi connectivity index (χ0) is 23.4. The molecule has 174 valence electrons. The molecule has 33 heavy (non-hydrogen) atoms. The van der Waals surface area contributed by atoms with E-state index >= 15 is 0 Å². The minimum atomic E-state index is -0.651. The van der Waals surface area contributed by atoms with Crippen LogP contribution in [-0.4, -0.2) is 54.2 Å². The number of hydrogen-bond acceptors (Lipinski definition) is 4. The summed E-state index contributed by atoms with van der Waals surface area (Å²) in [6.45, 7) is 0.445. The van der Waals surface area contributed by atoms with Crippen molar-refractivity contribution in [3.63, 3.8) is 0 Å². The maximum absolute atomic E-state index is 14.7. The number of carbonyl (C=O) groups is 2. The van der Waals surface area contributed by atoms with E-state index in [4.69, 9.17) is 4.74 Å². The van der Waals surface area contributed by atoms with Gasteiger partial charge in [0.2, 0.25) is 5.91 Å². The number of rotatable bonds is 8. The van der Waals surface area contributed by atoms with Crippen LogP contribution in [0.15, 0.2) is 53.6 Å². The smallest absolute Gasteiger partial charge is 0.262 e. The van der Waals surface area contributed by atoms with E-state index in [9.17, 15) is 18.4 Å². The zero-order valence-corrected chi connectivity index (χ0v) is 18.5. The first kappa shape index (κ1) is 23.0. The average Bonchev–Trinajstić information content (AvgIpc) is 3.21. The molecule has 1 heterocycles. The molecular weight excluding hydrogens is 428 g/mol. The van der Waals surface area contributed by atoms with Crippen molar-refractivity contribution in [1.29, 1.82) is 0 Å². The Hall–Kier alpha value is -3.13. The molecule has 1 atom stereocenters. The monoisotopic (exact) mass is 455 g/mol. The van der Waals surface area contributed by atoms with Crippen molar-refractivity contribution >= 4 is 17.5 Å². The summed E-state index contributed by atoms with van der Waals surface area (Å²) in [5.41, 5.74) is 1.57. The number of methoxy groups -OCH3 is 1. The molecule has 2 aromatic carbocycles. The van der Waals surface area contributed by atoms with Gasteiger partial charge in [-0.15, -0.1) is 0 Å². The average molecular weight is 456 g/mol. The van der Waals surface area contributed by atoms with Crippen LogP contribution >= 0.6 is 0 Å². The first-order valence-corrected chi connectivity index (χ1v) is 11.2. The fourth-order valence-electron chi connectivity index (χ4n) is 4.16. The lowest BCUT2D eigenvalue weighted by molar-refractivity contribution is -0.146. The van der Waals surface area contributed by atoms with Gasteiger partial charge in [0, 0.05) is 31.6 Å². The highest BCUT2D eigenvalue weighted by atomic mass is 19.1. The van der Waals surface area contributed by atoms with Crippen molar-refractivity contribution in [2.45, 2.75) is 31.7 Å². The Bertz CT molecular complexity index is 1040. The van der Waals surface area contributed by atoms with Crippen molar-refractivity contribution in [3.05, 3.63) is 71.3 Å². The van der Waals surface area contributed by atoms with Crippen LogP contribution in [0.4, 0.5) is 8.78 Å². The number of hydrazone groups is 1.